The van der Waals surface area contributed by atoms with Crippen molar-refractivity contribution >= 4 is 40.3 Å². The Bertz CT molecular complexity index is 1530. The van der Waals surface area contributed by atoms with Crippen LogP contribution in [0.15, 0.2) is 92.5 Å². The summed E-state index contributed by atoms with van der Waals surface area (Å²) in [6.45, 7) is 1.76. The van der Waals surface area contributed by atoms with Crippen LogP contribution in [0.1, 0.15) is 24.1 Å². The number of amides is 1. The van der Waals surface area contributed by atoms with E-state index in [0.29, 0.717) is 31.9 Å². The molecule has 0 bridgehead atoms. The third-order valence-electron chi connectivity index (χ3n) is 5.32. The number of carbonyl (C=O) groups is 1. The molecule has 0 aliphatic carbocycles. The van der Waals surface area contributed by atoms with Crippen molar-refractivity contribution < 1.29 is 9.18 Å². The number of hydrogen-bond acceptors (Lipinski definition) is 5. The quantitative estimate of drug-likeness (QED) is 0.484. The highest BCUT2D eigenvalue weighted by molar-refractivity contribution is 7.08. The summed E-state index contributed by atoms with van der Waals surface area (Å²) in [7, 11) is 0. The van der Waals surface area contributed by atoms with E-state index in [4.69, 9.17) is 0 Å². The van der Waals surface area contributed by atoms with E-state index in [-0.39, 0.29) is 17.3 Å². The minimum Gasteiger partial charge on any atom is -0.322 e. The highest BCUT2D eigenvalue weighted by Crippen LogP contribution is 2.30. The highest BCUT2D eigenvalue weighted by atomic mass is 32.1. The molecule has 33 heavy (non-hydrogen) atoms. The first-order valence-electron chi connectivity index (χ1n) is 10.2. The number of carbonyl (C=O) groups excluding carboxylic acids is 1. The zero-order valence-corrected chi connectivity index (χ0v) is 19.1. The minimum atomic E-state index is -0.727. The van der Waals surface area contributed by atoms with Gasteiger partial charge in [-0.25, -0.2) is 9.38 Å². The number of rotatable bonds is 4. The van der Waals surface area contributed by atoms with E-state index in [0.717, 1.165) is 5.56 Å². The molecule has 1 amide bonds. The van der Waals surface area contributed by atoms with Gasteiger partial charge in [-0.1, -0.05) is 41.7 Å². The van der Waals surface area contributed by atoms with Crippen LogP contribution in [0.25, 0.3) is 6.08 Å². The maximum atomic E-state index is 13.7. The van der Waals surface area contributed by atoms with Crippen molar-refractivity contribution in [1.82, 2.24) is 4.57 Å². The molecular formula is C25H18FN3O2S2. The zero-order chi connectivity index (χ0) is 22.9. The Balaban J connectivity index is 1.68. The fourth-order valence-electron chi connectivity index (χ4n) is 3.80. The predicted octanol–water partition coefficient (Wildman–Crippen LogP) is 4.07. The molecule has 8 heteroatoms. The van der Waals surface area contributed by atoms with E-state index >= 15 is 0 Å². The number of hydrogen-bond donors (Lipinski definition) is 1. The molecule has 0 radical (unpaired) electrons. The molecule has 2 aromatic heterocycles. The van der Waals surface area contributed by atoms with Crippen molar-refractivity contribution in [2.45, 2.75) is 13.0 Å². The summed E-state index contributed by atoms with van der Waals surface area (Å²) in [5.74, 6) is -0.747. The van der Waals surface area contributed by atoms with Crippen molar-refractivity contribution in [3.63, 3.8) is 0 Å². The van der Waals surface area contributed by atoms with E-state index in [2.05, 4.69) is 10.3 Å². The second-order valence-electron chi connectivity index (χ2n) is 7.51. The topological polar surface area (TPSA) is 63.5 Å². The third-order valence-corrected chi connectivity index (χ3v) is 7.01. The van der Waals surface area contributed by atoms with Crippen molar-refractivity contribution in [1.29, 1.82) is 0 Å². The van der Waals surface area contributed by atoms with Crippen molar-refractivity contribution in [3.05, 3.63) is 119 Å². The fourth-order valence-corrected chi connectivity index (χ4v) is 5.47. The molecule has 0 spiro atoms. The summed E-state index contributed by atoms with van der Waals surface area (Å²) >= 11 is 2.82. The summed E-state index contributed by atoms with van der Waals surface area (Å²) in [6, 6.07) is 16.2. The summed E-state index contributed by atoms with van der Waals surface area (Å²) in [5, 5.41) is 6.80. The lowest BCUT2D eigenvalue weighted by Crippen LogP contribution is -2.40. The predicted molar refractivity (Wildman–Crippen MR) is 130 cm³/mol. The maximum Gasteiger partial charge on any atom is 0.271 e. The molecule has 0 saturated heterocycles. The molecule has 1 aliphatic heterocycles. The first-order chi connectivity index (χ1) is 16.0. The fraction of sp³-hybridized carbons (Fsp3) is 0.0800. The zero-order valence-electron chi connectivity index (χ0n) is 17.5. The minimum absolute atomic E-state index is 0.239. The SMILES string of the molecule is CC1=C(C(=O)Nc2ccccc2)C(c2ccc(F)cc2)n2c(s/c(=C\c3ccsc3)c2=O)=N1. The first-order valence-corrected chi connectivity index (χ1v) is 11.9. The molecule has 5 rings (SSSR count). The van der Waals surface area contributed by atoms with E-state index in [1.165, 1.54) is 28.0 Å². The van der Waals surface area contributed by atoms with Gasteiger partial charge in [0.1, 0.15) is 5.82 Å². The van der Waals surface area contributed by atoms with Crippen LogP contribution in [0.4, 0.5) is 10.1 Å². The molecule has 164 valence electrons. The molecular weight excluding hydrogens is 457 g/mol. The number of aromatic nitrogens is 1. The Morgan fingerprint density at radius 3 is 2.58 bits per heavy atom. The van der Waals surface area contributed by atoms with Gasteiger partial charge in [0.05, 0.1) is 21.8 Å². The van der Waals surface area contributed by atoms with E-state index in [1.807, 2.05) is 41.1 Å². The molecule has 3 heterocycles. The molecule has 4 aromatic rings. The second-order valence-corrected chi connectivity index (χ2v) is 9.30. The molecule has 1 aliphatic rings. The lowest BCUT2D eigenvalue weighted by molar-refractivity contribution is -0.113. The molecule has 0 saturated carbocycles. The lowest BCUT2D eigenvalue weighted by atomic mass is 9.95. The largest absolute Gasteiger partial charge is 0.322 e. The number of thiophene rings is 1. The molecule has 1 unspecified atom stereocenters. The van der Waals surface area contributed by atoms with E-state index < -0.39 is 6.04 Å². The van der Waals surface area contributed by atoms with Crippen molar-refractivity contribution in [2.75, 3.05) is 5.32 Å². The summed E-state index contributed by atoms with van der Waals surface area (Å²) in [4.78, 5) is 32.0. The van der Waals surface area contributed by atoms with Gasteiger partial charge >= 0.3 is 0 Å². The van der Waals surface area contributed by atoms with Gasteiger partial charge in [-0.2, -0.15) is 11.3 Å². The highest BCUT2D eigenvalue weighted by Gasteiger charge is 2.32. The average molecular weight is 476 g/mol. The van der Waals surface area contributed by atoms with Crippen LogP contribution in [0.3, 0.4) is 0 Å². The number of nitrogens with zero attached hydrogens (tertiary/aromatic N) is 2. The van der Waals surface area contributed by atoms with Gasteiger partial charge in [-0.05, 0) is 65.2 Å². The summed E-state index contributed by atoms with van der Waals surface area (Å²) in [5.41, 5.74) is 2.82. The monoisotopic (exact) mass is 475 g/mol. The van der Waals surface area contributed by atoms with Crippen LogP contribution in [0.5, 0.6) is 0 Å². The van der Waals surface area contributed by atoms with Gasteiger partial charge < -0.3 is 5.32 Å². The molecule has 0 fully saturated rings. The Labute approximate surface area is 196 Å². The van der Waals surface area contributed by atoms with Gasteiger partial charge in [-0.15, -0.1) is 0 Å². The summed E-state index contributed by atoms with van der Waals surface area (Å²) < 4.78 is 15.7. The van der Waals surface area contributed by atoms with Crippen molar-refractivity contribution in [3.8, 4) is 0 Å². The van der Waals surface area contributed by atoms with E-state index in [9.17, 15) is 14.0 Å². The maximum absolute atomic E-state index is 13.7. The van der Waals surface area contributed by atoms with Crippen LogP contribution < -0.4 is 20.2 Å². The summed E-state index contributed by atoms with van der Waals surface area (Å²) in [6.07, 6.45) is 1.82. The third kappa shape index (κ3) is 4.10. The van der Waals surface area contributed by atoms with Crippen LogP contribution in [0, 0.1) is 5.82 Å². The standard InChI is InChI=1S/C25H18FN3O2S2/c1-15-21(23(30)28-19-5-3-2-4-6-19)22(17-7-9-18(26)10-8-17)29-24(31)20(33-25(29)27-15)13-16-11-12-32-14-16/h2-14,22H,1H3,(H,28,30)/b20-13-. The van der Waals surface area contributed by atoms with Crippen LogP contribution in [-0.2, 0) is 4.79 Å². The van der Waals surface area contributed by atoms with Gasteiger partial charge in [0.25, 0.3) is 11.5 Å². The number of fused-ring (bicyclic) bond motifs is 1. The Hall–Kier alpha value is -3.62. The van der Waals surface area contributed by atoms with Crippen LogP contribution in [0.2, 0.25) is 0 Å². The molecule has 2 aromatic carbocycles. The number of thiazole rings is 1. The van der Waals surface area contributed by atoms with Gasteiger partial charge in [-0.3, -0.25) is 14.2 Å². The number of anilines is 1. The van der Waals surface area contributed by atoms with Crippen LogP contribution >= 0.6 is 22.7 Å². The number of benzene rings is 2. The van der Waals surface area contributed by atoms with Gasteiger partial charge in [0.2, 0.25) is 0 Å². The Kier molecular flexibility index (Phi) is 5.62. The average Bonchev–Trinajstić information content (AvgIpc) is 3.42. The number of halogens is 1. The lowest BCUT2D eigenvalue weighted by Gasteiger charge is -2.25. The molecule has 1 atom stereocenters. The molecule has 1 N–H and O–H groups in total. The number of para-hydroxylation sites is 1. The van der Waals surface area contributed by atoms with E-state index in [1.54, 1.807) is 42.5 Å². The first kappa shape index (κ1) is 21.2. The van der Waals surface area contributed by atoms with Gasteiger partial charge in [0, 0.05) is 5.69 Å². The van der Waals surface area contributed by atoms with Crippen molar-refractivity contribution in [2.24, 2.45) is 4.99 Å². The number of allylic oxidation sites excluding steroid dienone is 1. The van der Waals surface area contributed by atoms with Gasteiger partial charge in [0.15, 0.2) is 4.80 Å². The second kappa shape index (κ2) is 8.73. The van der Waals surface area contributed by atoms with Crippen LogP contribution in [-0.4, -0.2) is 10.5 Å². The normalized spacial score (nSPS) is 15.8. The smallest absolute Gasteiger partial charge is 0.271 e. The Morgan fingerprint density at radius 2 is 1.88 bits per heavy atom. The Morgan fingerprint density at radius 1 is 1.12 bits per heavy atom. The number of nitrogens with one attached hydrogen (secondary N) is 1. The molecule has 5 nitrogen and oxygen atoms in total.